The Kier molecular flexibility index (Phi) is 68.7. The van der Waals surface area contributed by atoms with Gasteiger partial charge >= 0.3 is 126 Å². The van der Waals surface area contributed by atoms with Crippen molar-refractivity contribution in [1.82, 2.24) is 0 Å². The van der Waals surface area contributed by atoms with E-state index in [0.29, 0.717) is 138 Å². The van der Waals surface area contributed by atoms with E-state index in [0.717, 1.165) is 85.5 Å². The van der Waals surface area contributed by atoms with Crippen molar-refractivity contribution < 1.29 is 135 Å². The van der Waals surface area contributed by atoms with Gasteiger partial charge in [-0.1, -0.05) is 208 Å². The Morgan fingerprint density at radius 1 is 0.378 bits per heavy atom. The molecular weight excluding hydrogens is 1630 g/mol. The second kappa shape index (κ2) is 62.6. The van der Waals surface area contributed by atoms with Crippen LogP contribution in [0.5, 0.6) is 0 Å². The minimum atomic E-state index is 0. The van der Waals surface area contributed by atoms with Gasteiger partial charge in [-0.3, -0.25) is 28.8 Å². The van der Waals surface area contributed by atoms with Gasteiger partial charge in [0.2, 0.25) is 0 Å². The quantitative estimate of drug-likeness (QED) is 0.0749. The number of ketones is 6. The fraction of sp³-hybridized carbons (Fsp3) is 0.525. The molecule has 14 nitrogen and oxygen atoms in total. The normalized spacial score (nSPS) is 30.8. The van der Waals surface area contributed by atoms with Crippen molar-refractivity contribution in [2.45, 2.75) is 210 Å². The van der Waals surface area contributed by atoms with E-state index in [1.165, 1.54) is 41.6 Å². The maximum atomic E-state index is 13.2. The molecule has 8 unspecified atom stereocenters. The molecule has 0 saturated heterocycles. The number of Topliss-reactive ketones (excluding diaryl/α,β-unsaturated/α-hetero) is 6. The van der Waals surface area contributed by atoms with Gasteiger partial charge in [0.15, 0.2) is 23.1 Å². The van der Waals surface area contributed by atoms with Gasteiger partial charge in [0.05, 0.1) is 6.42 Å². The van der Waals surface area contributed by atoms with E-state index >= 15 is 0 Å². The van der Waals surface area contributed by atoms with Crippen molar-refractivity contribution in [2.24, 2.45) is 130 Å². The molecule has 18 aliphatic carbocycles. The molecule has 0 aliphatic heterocycles. The summed E-state index contributed by atoms with van der Waals surface area (Å²) in [6.45, 7) is 53.7. The average molecular weight is 1760 g/mol. The average Bonchev–Trinajstić information content (AvgIpc) is 1.56. The summed E-state index contributed by atoms with van der Waals surface area (Å²) >= 11 is 0. The maximum absolute atomic E-state index is 13.2. The van der Waals surface area contributed by atoms with E-state index in [1.807, 2.05) is 13.8 Å². The van der Waals surface area contributed by atoms with E-state index in [1.54, 1.807) is 22.3 Å². The summed E-state index contributed by atoms with van der Waals surface area (Å²) < 4.78 is 60.0. The Morgan fingerprint density at radius 2 is 0.655 bits per heavy atom. The zero-order valence-electron chi connectivity index (χ0n) is 66.1. The number of terminal acetylenes is 2. The van der Waals surface area contributed by atoms with Gasteiger partial charge in [0, 0.05) is 94.7 Å². The Morgan fingerprint density at radius 3 is 0.891 bits per heavy atom. The summed E-state index contributed by atoms with van der Waals surface area (Å²) in [6.07, 6.45) is 61.3. The van der Waals surface area contributed by atoms with Crippen molar-refractivity contribution in [1.29, 1.82) is 0 Å². The fourth-order valence-corrected chi connectivity index (χ4v) is 21.2. The topological polar surface area (TPSA) is 262 Å². The molecule has 2 radical (unpaired) electrons. The summed E-state index contributed by atoms with van der Waals surface area (Å²) in [5, 5.41) is 0. The Labute approximate surface area is 761 Å². The van der Waals surface area contributed by atoms with E-state index in [4.69, 9.17) is 50.1 Å². The molecule has 18 rings (SSSR count). The molecule has 6 saturated carbocycles. The van der Waals surface area contributed by atoms with Gasteiger partial charge in [-0.2, -0.15) is 0 Å². The van der Waals surface area contributed by atoms with Crippen LogP contribution in [0.15, 0.2) is 164 Å². The molecule has 0 heterocycles. The summed E-state index contributed by atoms with van der Waals surface area (Å²) in [5.74, 6) is 16.8. The maximum Gasteiger partial charge on any atom is 1.00 e. The first-order valence-corrected chi connectivity index (χ1v) is 36.6. The van der Waals surface area contributed by atoms with Crippen molar-refractivity contribution in [3.05, 3.63) is 232 Å². The van der Waals surface area contributed by atoms with Crippen LogP contribution in [0.3, 0.4) is 0 Å². The standard InChI is InChI=1S/C23H28O2.C21H20O2.C15H20.C13H16O2.C7H8.C5H4.8CO.7CH4.2CH3.2Co.Cu.Li/c1-10-16(22(24)20-14-5-3-12(7-14)18(10)20)9-17-11(2)19-13-4-6-15(8-13)21(19)23(17)25;22-20-14(8-16-10-1-3-12(5-10)18(16)20)7-15-9-17-11-2-4-13(6-11)19(17)21(15)23;1-10-5-6-11(2)14(10)9-15-12(3)7-8-13(15)4;1-8-3-5-12(14)10(8)7-11-9(2)4-6-13(11)15;1-2-7-4-3-6(1)5-7;1-3-5-4-2;8*1-2;;;;;;;;;;;;;/h3-6,10-21H,7-9H2,1-2H3;1-4,8-13,16-19H,5-7H2;5,7H,6,8-9H2,1-4H3;3-7H2,1-2H3;1-4,6-7H,5H2;1-2H,5H2;;;;;;;;;7*1H4;2*1H3;;;;/q;;;;;;;;;;;;;;;;;;;;;2*-1;;;2*+1/t10-,11-,12+,13+,14-,15-,16-,17-,18?,19?,20?,21?;10-,11-,12+,13+,16?,17?,18?,19?;;;;;;;;;;;;;;;;;;;;;;;;;/m10........................./s1. The molecule has 0 aromatic rings. The number of rotatable bonds is 8. The summed E-state index contributed by atoms with van der Waals surface area (Å²) in [5.41, 5.74) is 15.3. The van der Waals surface area contributed by atoms with Crippen LogP contribution in [0.1, 0.15) is 210 Å². The van der Waals surface area contributed by atoms with Gasteiger partial charge < -0.3 is 14.9 Å². The first-order chi connectivity index (χ1) is 51.3. The summed E-state index contributed by atoms with van der Waals surface area (Å²) in [7, 11) is 0. The number of carbonyl (C=O) groups is 6. The molecule has 6 fully saturated rings. The molecule has 10 bridgehead atoms. The molecule has 20 atom stereocenters. The molecular formula is C101H130Co2CuLiO14. The van der Waals surface area contributed by atoms with E-state index in [2.05, 4.69) is 204 Å². The van der Waals surface area contributed by atoms with Crippen molar-refractivity contribution in [2.75, 3.05) is 0 Å². The molecule has 119 heavy (non-hydrogen) atoms. The smallest absolute Gasteiger partial charge is 0.358 e. The zero-order chi connectivity index (χ0) is 79.1. The van der Waals surface area contributed by atoms with Crippen LogP contribution in [0.4, 0.5) is 0 Å². The van der Waals surface area contributed by atoms with Crippen LogP contribution in [0, 0.1) is 223 Å². The predicted molar refractivity (Wildman–Crippen MR) is 450 cm³/mol. The van der Waals surface area contributed by atoms with E-state index in [9.17, 15) is 28.8 Å². The minimum Gasteiger partial charge on any atom is -0.358 e. The van der Waals surface area contributed by atoms with Crippen LogP contribution in [0.2, 0.25) is 0 Å². The SMILES string of the molecule is C.C.C.C.C.C.C.C#CCC#C.C1=CC2C=CC1C2.CC1=C(CC2=C(C)CCC2=O)C(=O)CC1.CC1=CCC(C)=C1CC1=C(C)CC=C1C.C[C@H]1C2C(C(=O)[C@@H]1C[C@H]1C(=O)C3C([C@H]4C=C[C@@H]3C4)[C@@H]1C)[C@@H]1C=C[C@H]2C1.O=C1C(CC2=CC3C(C2=O)[C@@H]2C=C[C@H]3C2)=CC2C1[C@@H]1C=C[C@H]2C1.[C-]#[O+].[C-]#[O+].[C-]#[O+].[C-]#[O+].[C-]#[O+].[C-]#[O+].[C-]#[O+].[C-]#[O+].[CH3-].[CH3-].[Co].[Co].[Cu+].[Li+]. The first kappa shape index (κ1) is 131. The third-order valence-electron chi connectivity index (χ3n) is 26.1. The number of hydrogen-bond acceptors (Lipinski definition) is 6. The van der Waals surface area contributed by atoms with Crippen LogP contribution in [0.25, 0.3) is 0 Å². The summed E-state index contributed by atoms with van der Waals surface area (Å²) in [4.78, 5) is 75.2. The van der Waals surface area contributed by atoms with Crippen molar-refractivity contribution in [3.63, 3.8) is 0 Å². The van der Waals surface area contributed by atoms with Crippen LogP contribution in [-0.4, -0.2) is 34.7 Å². The first-order valence-electron chi connectivity index (χ1n) is 36.6. The van der Waals surface area contributed by atoms with Crippen LogP contribution in [-0.2, 0) is 117 Å². The summed E-state index contributed by atoms with van der Waals surface area (Å²) in [6, 6.07) is 0. The molecule has 18 heteroatoms. The Balaban J connectivity index is -0.000000172. The predicted octanol–water partition coefficient (Wildman–Crippen LogP) is 19.1. The molecule has 0 amide bonds. The van der Waals surface area contributed by atoms with Gasteiger partial charge in [-0.15, -0.1) is 12.8 Å². The van der Waals surface area contributed by atoms with E-state index < -0.39 is 0 Å². The Bertz CT molecular complexity index is 3790. The van der Waals surface area contributed by atoms with Gasteiger partial charge in [-0.05, 0) is 240 Å². The molecule has 0 spiro atoms. The Hall–Kier alpha value is -6.45. The van der Waals surface area contributed by atoms with Gasteiger partial charge in [0.25, 0.3) is 0 Å². The third kappa shape index (κ3) is 28.3. The number of fused-ring (bicyclic) bond motifs is 22. The van der Waals surface area contributed by atoms with Crippen molar-refractivity contribution in [3.8, 4) is 24.7 Å². The van der Waals surface area contributed by atoms with E-state index in [-0.39, 0.29) is 183 Å². The third-order valence-corrected chi connectivity index (χ3v) is 26.1. The largest absolute Gasteiger partial charge is 1.00 e. The molecule has 0 aromatic carbocycles. The minimum absolute atomic E-state index is 0. The van der Waals surface area contributed by atoms with Crippen LogP contribution >= 0.6 is 0 Å². The van der Waals surface area contributed by atoms with Gasteiger partial charge in [-0.25, -0.2) is 0 Å². The second-order valence-electron chi connectivity index (χ2n) is 30.8. The fourth-order valence-electron chi connectivity index (χ4n) is 21.2. The number of carbonyl (C=O) groups excluding carboxylic acids is 6. The molecule has 0 aromatic heterocycles. The zero-order valence-corrected chi connectivity index (χ0v) is 69.1. The van der Waals surface area contributed by atoms with Crippen molar-refractivity contribution >= 4 is 34.7 Å². The number of hydrogen-bond donors (Lipinski definition) is 0. The van der Waals surface area contributed by atoms with Crippen LogP contribution < -0.4 is 18.9 Å². The second-order valence-corrected chi connectivity index (χ2v) is 30.8. The molecule has 0 N–H and O–H groups in total. The molecule has 648 valence electrons. The van der Waals surface area contributed by atoms with Gasteiger partial charge in [0.1, 0.15) is 11.6 Å². The number of allylic oxidation sites excluding steroid dienone is 28. The monoisotopic (exact) mass is 1750 g/mol. The molecule has 18 aliphatic rings.